The van der Waals surface area contributed by atoms with Crippen molar-refractivity contribution >= 4 is 23.0 Å². The van der Waals surface area contributed by atoms with Gasteiger partial charge in [0, 0.05) is 24.8 Å². The summed E-state index contributed by atoms with van der Waals surface area (Å²) in [6.45, 7) is 8.51. The Morgan fingerprint density at radius 3 is 2.58 bits per heavy atom. The number of nitrogens with two attached hydrogens (primary N) is 1. The van der Waals surface area contributed by atoms with Crippen molar-refractivity contribution in [2.45, 2.75) is 52.2 Å². The molecule has 0 bridgehead atoms. The first-order valence-corrected chi connectivity index (χ1v) is 10.1. The third-order valence-corrected chi connectivity index (χ3v) is 4.99. The van der Waals surface area contributed by atoms with Crippen LogP contribution in [0.25, 0.3) is 5.52 Å². The molecule has 0 unspecified atom stereocenters. The third kappa shape index (κ3) is 5.12. The lowest BCUT2D eigenvalue weighted by atomic mass is 10.0. The van der Waals surface area contributed by atoms with Gasteiger partial charge in [-0.1, -0.05) is 0 Å². The highest BCUT2D eigenvalue weighted by atomic mass is 19.1. The van der Waals surface area contributed by atoms with E-state index in [0.717, 1.165) is 6.20 Å². The summed E-state index contributed by atoms with van der Waals surface area (Å²) in [5.74, 6) is 5.52. The Labute approximate surface area is 180 Å². The number of aliphatic imine (C=N–C) groups is 1. The maximum absolute atomic E-state index is 14.0. The van der Waals surface area contributed by atoms with E-state index in [1.807, 2.05) is 27.7 Å². The molecule has 2 N–H and O–H groups in total. The Kier molecular flexibility index (Phi) is 6.47. The Bertz CT molecular complexity index is 1020. The van der Waals surface area contributed by atoms with Crippen molar-refractivity contribution in [3.8, 4) is 5.75 Å². The second-order valence-corrected chi connectivity index (χ2v) is 8.47. The minimum atomic E-state index is -0.519. The predicted molar refractivity (Wildman–Crippen MR) is 116 cm³/mol. The van der Waals surface area contributed by atoms with E-state index in [4.69, 9.17) is 20.3 Å². The number of methoxy groups -OCH3 is 1. The molecular formula is C21H29FN6O3. The van der Waals surface area contributed by atoms with Gasteiger partial charge >= 0.3 is 6.09 Å². The zero-order valence-corrected chi connectivity index (χ0v) is 18.6. The van der Waals surface area contributed by atoms with Crippen molar-refractivity contribution in [3.05, 3.63) is 29.8 Å². The van der Waals surface area contributed by atoms with Crippen LogP contribution in [0, 0.1) is 5.82 Å². The van der Waals surface area contributed by atoms with Crippen LogP contribution in [-0.2, 0) is 4.74 Å². The molecule has 0 aromatic carbocycles. The van der Waals surface area contributed by atoms with E-state index in [1.54, 1.807) is 17.2 Å². The van der Waals surface area contributed by atoms with Crippen molar-refractivity contribution in [1.29, 1.82) is 0 Å². The highest BCUT2D eigenvalue weighted by Gasteiger charge is 2.27. The van der Waals surface area contributed by atoms with Gasteiger partial charge < -0.3 is 20.2 Å². The SMILES string of the molecule is COc1cc(/C(=N/N)C(C)=NC2CCN(C(=O)OC(C)(C)C)CC2)cn2ncc(F)c12. The fraction of sp³-hybridized carbons (Fsp3) is 0.524. The second-order valence-electron chi connectivity index (χ2n) is 8.47. The molecule has 0 radical (unpaired) electrons. The molecule has 2 aromatic heterocycles. The molecule has 0 atom stereocenters. The van der Waals surface area contributed by atoms with Gasteiger partial charge in [-0.3, -0.25) is 4.99 Å². The summed E-state index contributed by atoms with van der Waals surface area (Å²) in [5, 5.41) is 7.91. The molecule has 1 amide bonds. The van der Waals surface area contributed by atoms with Gasteiger partial charge in [-0.2, -0.15) is 10.2 Å². The van der Waals surface area contributed by atoms with Crippen molar-refractivity contribution in [1.82, 2.24) is 14.5 Å². The number of nitrogens with zero attached hydrogens (tertiary/aromatic N) is 5. The van der Waals surface area contributed by atoms with Crippen molar-refractivity contribution in [2.24, 2.45) is 15.9 Å². The molecule has 1 aliphatic rings. The van der Waals surface area contributed by atoms with Crippen molar-refractivity contribution in [3.63, 3.8) is 0 Å². The topological polar surface area (TPSA) is 107 Å². The summed E-state index contributed by atoms with van der Waals surface area (Å²) in [6, 6.07) is 1.69. The van der Waals surface area contributed by atoms with E-state index in [0.29, 0.717) is 48.7 Å². The maximum Gasteiger partial charge on any atom is 0.410 e. The highest BCUT2D eigenvalue weighted by molar-refractivity contribution is 6.47. The predicted octanol–water partition coefficient (Wildman–Crippen LogP) is 3.01. The Morgan fingerprint density at radius 2 is 2.00 bits per heavy atom. The maximum atomic E-state index is 14.0. The van der Waals surface area contributed by atoms with E-state index in [-0.39, 0.29) is 17.7 Å². The Morgan fingerprint density at radius 1 is 1.32 bits per heavy atom. The standard InChI is InChI=1S/C21H29FN6O3/c1-13(25-15-6-8-27(9-7-15)20(29)31-21(2,3)4)18(26-23)14-10-17(30-5)19-16(22)11-24-28(19)12-14/h10-12,15H,6-9,23H2,1-5H3/b25-13?,26-18+. The first-order valence-electron chi connectivity index (χ1n) is 10.1. The number of hydrogen-bond acceptors (Lipinski definition) is 7. The van der Waals surface area contributed by atoms with Crippen molar-refractivity contribution in [2.75, 3.05) is 20.2 Å². The lowest BCUT2D eigenvalue weighted by Gasteiger charge is -2.32. The second kappa shape index (κ2) is 8.91. The number of piperidine rings is 1. The van der Waals surface area contributed by atoms with Crippen LogP contribution in [0.2, 0.25) is 0 Å². The fourth-order valence-electron chi connectivity index (χ4n) is 3.55. The number of halogens is 1. The number of hydrogen-bond donors (Lipinski definition) is 1. The largest absolute Gasteiger partial charge is 0.494 e. The molecule has 1 saturated heterocycles. The summed E-state index contributed by atoms with van der Waals surface area (Å²) in [5.41, 5.74) is 1.45. The Hall–Kier alpha value is -3.17. The lowest BCUT2D eigenvalue weighted by molar-refractivity contribution is 0.0207. The number of carbonyl (C=O) groups excluding carboxylic acids is 1. The molecular weight excluding hydrogens is 403 g/mol. The van der Waals surface area contributed by atoms with E-state index in [9.17, 15) is 9.18 Å². The minimum Gasteiger partial charge on any atom is -0.494 e. The van der Waals surface area contributed by atoms with E-state index < -0.39 is 11.4 Å². The van der Waals surface area contributed by atoms with Gasteiger partial charge in [0.05, 0.1) is 25.1 Å². The molecule has 3 heterocycles. The van der Waals surface area contributed by atoms with Gasteiger partial charge in [-0.05, 0) is 46.6 Å². The van der Waals surface area contributed by atoms with Crippen LogP contribution in [0.3, 0.4) is 0 Å². The van der Waals surface area contributed by atoms with Crippen LogP contribution in [-0.4, -0.2) is 63.9 Å². The van der Waals surface area contributed by atoms with E-state index in [2.05, 4.69) is 10.2 Å². The van der Waals surface area contributed by atoms with Crippen LogP contribution in [0.4, 0.5) is 9.18 Å². The quantitative estimate of drug-likeness (QED) is 0.454. The summed E-state index contributed by atoms with van der Waals surface area (Å²) in [7, 11) is 1.46. The van der Waals surface area contributed by atoms with Crippen LogP contribution in [0.15, 0.2) is 28.6 Å². The summed E-state index contributed by atoms with van der Waals surface area (Å²) >= 11 is 0. The number of likely N-dealkylation sites (tertiary alicyclic amines) is 1. The molecule has 3 rings (SSSR count). The molecule has 9 nitrogen and oxygen atoms in total. The number of ether oxygens (including phenoxy) is 2. The van der Waals surface area contributed by atoms with Gasteiger partial charge in [0.1, 0.15) is 22.6 Å². The molecule has 0 aliphatic carbocycles. The van der Waals surface area contributed by atoms with Gasteiger partial charge in [0.2, 0.25) is 0 Å². The minimum absolute atomic E-state index is 0.0308. The van der Waals surface area contributed by atoms with Gasteiger partial charge in [0.25, 0.3) is 0 Å². The number of carbonyl (C=O) groups is 1. The smallest absolute Gasteiger partial charge is 0.410 e. The monoisotopic (exact) mass is 432 g/mol. The van der Waals surface area contributed by atoms with Gasteiger partial charge in [-0.25, -0.2) is 13.7 Å². The van der Waals surface area contributed by atoms with Crippen LogP contribution < -0.4 is 10.6 Å². The molecule has 0 spiro atoms. The average Bonchev–Trinajstić information content (AvgIpc) is 3.08. The molecule has 1 fully saturated rings. The fourth-order valence-corrected chi connectivity index (χ4v) is 3.55. The summed E-state index contributed by atoms with van der Waals surface area (Å²) in [6.07, 6.45) is 3.88. The van der Waals surface area contributed by atoms with Gasteiger partial charge in [-0.15, -0.1) is 0 Å². The number of pyridine rings is 1. The van der Waals surface area contributed by atoms with E-state index in [1.165, 1.54) is 11.6 Å². The first-order chi connectivity index (χ1) is 14.6. The molecule has 1 aliphatic heterocycles. The van der Waals surface area contributed by atoms with E-state index >= 15 is 0 Å². The number of aromatic nitrogens is 2. The zero-order chi connectivity index (χ0) is 22.8. The van der Waals surface area contributed by atoms with Crippen LogP contribution >= 0.6 is 0 Å². The summed E-state index contributed by atoms with van der Waals surface area (Å²) < 4.78 is 26.1. The number of amides is 1. The molecule has 31 heavy (non-hydrogen) atoms. The average molecular weight is 433 g/mol. The Balaban J connectivity index is 1.74. The highest BCUT2D eigenvalue weighted by Crippen LogP contribution is 2.25. The zero-order valence-electron chi connectivity index (χ0n) is 18.6. The lowest BCUT2D eigenvalue weighted by Crippen LogP contribution is -2.42. The van der Waals surface area contributed by atoms with Crippen LogP contribution in [0.5, 0.6) is 5.75 Å². The number of hydrazone groups is 1. The summed E-state index contributed by atoms with van der Waals surface area (Å²) in [4.78, 5) is 18.7. The molecule has 168 valence electrons. The van der Waals surface area contributed by atoms with Gasteiger partial charge in [0.15, 0.2) is 5.82 Å². The first kappa shape index (κ1) is 22.5. The third-order valence-electron chi connectivity index (χ3n) is 4.99. The number of rotatable bonds is 4. The normalized spacial score (nSPS) is 16.6. The molecule has 10 heteroatoms. The van der Waals surface area contributed by atoms with Crippen LogP contribution in [0.1, 0.15) is 46.1 Å². The van der Waals surface area contributed by atoms with Crippen molar-refractivity contribution < 1.29 is 18.7 Å². The molecule has 2 aromatic rings. The number of fused-ring (bicyclic) bond motifs is 1. The molecule has 0 saturated carbocycles.